The van der Waals surface area contributed by atoms with E-state index in [-0.39, 0.29) is 4.90 Å². The van der Waals surface area contributed by atoms with Gasteiger partial charge in [-0.1, -0.05) is 30.3 Å². The van der Waals surface area contributed by atoms with Gasteiger partial charge in [0.05, 0.1) is 16.5 Å². The van der Waals surface area contributed by atoms with Gasteiger partial charge in [-0.25, -0.2) is 8.42 Å². The van der Waals surface area contributed by atoms with Gasteiger partial charge in [-0.2, -0.15) is 9.57 Å². The molecule has 1 aliphatic heterocycles. The van der Waals surface area contributed by atoms with Crippen molar-refractivity contribution in [3.63, 3.8) is 0 Å². The zero-order chi connectivity index (χ0) is 17.9. The number of nitrogens with zero attached hydrogens (tertiary/aromatic N) is 2. The van der Waals surface area contributed by atoms with Gasteiger partial charge in [-0.15, -0.1) is 0 Å². The molecule has 0 atom stereocenters. The molecule has 0 unspecified atom stereocenters. The highest BCUT2D eigenvalue weighted by Crippen LogP contribution is 2.32. The highest BCUT2D eigenvalue weighted by atomic mass is 32.2. The molecule has 5 nitrogen and oxygen atoms in total. The summed E-state index contributed by atoms with van der Waals surface area (Å²) >= 11 is 0. The summed E-state index contributed by atoms with van der Waals surface area (Å²) in [6.45, 7) is 1.45. The Morgan fingerprint density at radius 1 is 1.12 bits per heavy atom. The second-order valence-electron chi connectivity index (χ2n) is 6.22. The normalized spacial score (nSPS) is 16.5. The summed E-state index contributed by atoms with van der Waals surface area (Å²) in [7, 11) is -3.56. The lowest BCUT2D eigenvalue weighted by Gasteiger charge is -2.32. The standard InChI is InChI=1S/C19H21N3O2S/c20-13-15-4-3-6-18(12-15)25(23,24)22-10-8-16(9-11-22)19-7-2-1-5-17(19)14-21/h1-7,12,16H,8-11,14,21H2. The molecule has 130 valence electrons. The molecule has 0 aliphatic carbocycles. The molecule has 2 aromatic carbocycles. The molecule has 2 aromatic rings. The van der Waals surface area contributed by atoms with Crippen molar-refractivity contribution in [2.24, 2.45) is 5.73 Å². The Labute approximate surface area is 148 Å². The zero-order valence-corrected chi connectivity index (χ0v) is 14.7. The zero-order valence-electron chi connectivity index (χ0n) is 13.9. The van der Waals surface area contributed by atoms with Gasteiger partial charge in [0.15, 0.2) is 0 Å². The first-order chi connectivity index (χ1) is 12.1. The Balaban J connectivity index is 1.76. The summed E-state index contributed by atoms with van der Waals surface area (Å²) in [5.74, 6) is 0.330. The number of rotatable bonds is 4. The van der Waals surface area contributed by atoms with Gasteiger partial charge in [0.25, 0.3) is 0 Å². The van der Waals surface area contributed by atoms with Crippen LogP contribution < -0.4 is 5.73 Å². The fourth-order valence-corrected chi connectivity index (χ4v) is 4.92. The van der Waals surface area contributed by atoms with Gasteiger partial charge in [0.2, 0.25) is 10.0 Å². The summed E-state index contributed by atoms with van der Waals surface area (Å²) in [5, 5.41) is 8.98. The van der Waals surface area contributed by atoms with E-state index in [1.807, 2.05) is 24.3 Å². The van der Waals surface area contributed by atoms with Crippen molar-refractivity contribution in [1.29, 1.82) is 5.26 Å². The van der Waals surface area contributed by atoms with Crippen LogP contribution in [0, 0.1) is 11.3 Å². The average Bonchev–Trinajstić information content (AvgIpc) is 2.68. The molecule has 1 aliphatic rings. The Morgan fingerprint density at radius 2 is 1.84 bits per heavy atom. The lowest BCUT2D eigenvalue weighted by molar-refractivity contribution is 0.319. The molecular weight excluding hydrogens is 334 g/mol. The monoisotopic (exact) mass is 355 g/mol. The number of sulfonamides is 1. The Bertz CT molecular complexity index is 895. The van der Waals surface area contributed by atoms with E-state index in [4.69, 9.17) is 11.0 Å². The third-order valence-corrected chi connectivity index (χ3v) is 6.66. The lowest BCUT2D eigenvalue weighted by Crippen LogP contribution is -2.38. The maximum atomic E-state index is 12.8. The molecular formula is C19H21N3O2S. The van der Waals surface area contributed by atoms with Gasteiger partial charge in [-0.3, -0.25) is 0 Å². The van der Waals surface area contributed by atoms with Crippen LogP contribution in [0.1, 0.15) is 35.4 Å². The summed E-state index contributed by atoms with van der Waals surface area (Å²) in [5.41, 5.74) is 8.54. The number of hydrogen-bond acceptors (Lipinski definition) is 4. The minimum absolute atomic E-state index is 0.187. The van der Waals surface area contributed by atoms with Crippen molar-refractivity contribution in [3.8, 4) is 6.07 Å². The molecule has 0 saturated carbocycles. The van der Waals surface area contributed by atoms with Gasteiger partial charge in [0.1, 0.15) is 0 Å². The predicted octanol–water partition coefficient (Wildman–Crippen LogP) is 2.59. The first-order valence-corrected chi connectivity index (χ1v) is 9.78. The quantitative estimate of drug-likeness (QED) is 0.913. The smallest absolute Gasteiger partial charge is 0.243 e. The van der Waals surface area contributed by atoms with E-state index in [2.05, 4.69) is 6.07 Å². The first-order valence-electron chi connectivity index (χ1n) is 8.34. The molecule has 2 N–H and O–H groups in total. The fourth-order valence-electron chi connectivity index (χ4n) is 3.40. The van der Waals surface area contributed by atoms with Crippen molar-refractivity contribution in [2.45, 2.75) is 30.2 Å². The van der Waals surface area contributed by atoms with Crippen molar-refractivity contribution in [1.82, 2.24) is 4.31 Å². The summed E-state index contributed by atoms with van der Waals surface area (Å²) in [6, 6.07) is 16.3. The molecule has 25 heavy (non-hydrogen) atoms. The van der Waals surface area contributed by atoms with Crippen molar-refractivity contribution < 1.29 is 8.42 Å². The van der Waals surface area contributed by atoms with E-state index < -0.39 is 10.0 Å². The van der Waals surface area contributed by atoms with Crippen LogP contribution in [0.4, 0.5) is 0 Å². The molecule has 0 spiro atoms. The molecule has 0 aromatic heterocycles. The summed E-state index contributed by atoms with van der Waals surface area (Å²) < 4.78 is 27.2. The number of hydrogen-bond donors (Lipinski definition) is 1. The third kappa shape index (κ3) is 3.59. The second-order valence-corrected chi connectivity index (χ2v) is 8.16. The van der Waals surface area contributed by atoms with Crippen molar-refractivity contribution >= 4 is 10.0 Å². The van der Waals surface area contributed by atoms with Crippen LogP contribution in [0.5, 0.6) is 0 Å². The molecule has 1 saturated heterocycles. The first kappa shape index (κ1) is 17.6. The topological polar surface area (TPSA) is 87.2 Å². The van der Waals surface area contributed by atoms with Crippen molar-refractivity contribution in [3.05, 3.63) is 65.2 Å². The van der Waals surface area contributed by atoms with Crippen LogP contribution in [0.3, 0.4) is 0 Å². The maximum Gasteiger partial charge on any atom is 0.243 e. The number of nitriles is 1. The number of nitrogens with two attached hydrogens (primary N) is 1. The fraction of sp³-hybridized carbons (Fsp3) is 0.316. The largest absolute Gasteiger partial charge is 0.326 e. The van der Waals surface area contributed by atoms with Crippen molar-refractivity contribution in [2.75, 3.05) is 13.1 Å². The van der Waals surface area contributed by atoms with Gasteiger partial charge >= 0.3 is 0 Å². The molecule has 1 heterocycles. The molecule has 0 radical (unpaired) electrons. The summed E-state index contributed by atoms with van der Waals surface area (Å²) in [6.07, 6.45) is 1.54. The van der Waals surface area contributed by atoms with E-state index in [0.29, 0.717) is 31.1 Å². The molecule has 6 heteroatoms. The van der Waals surface area contributed by atoms with Crippen LogP contribution in [-0.4, -0.2) is 25.8 Å². The van der Waals surface area contributed by atoms with Gasteiger partial charge in [0, 0.05) is 19.6 Å². The lowest BCUT2D eigenvalue weighted by atomic mass is 9.87. The number of benzene rings is 2. The highest BCUT2D eigenvalue weighted by molar-refractivity contribution is 7.89. The highest BCUT2D eigenvalue weighted by Gasteiger charge is 2.30. The minimum atomic E-state index is -3.56. The number of piperidine rings is 1. The van der Waals surface area contributed by atoms with E-state index in [1.54, 1.807) is 18.2 Å². The average molecular weight is 355 g/mol. The molecule has 0 amide bonds. The molecule has 3 rings (SSSR count). The Morgan fingerprint density at radius 3 is 2.52 bits per heavy atom. The summed E-state index contributed by atoms with van der Waals surface area (Å²) in [4.78, 5) is 0.187. The van der Waals surface area contributed by atoms with Crippen LogP contribution in [-0.2, 0) is 16.6 Å². The second kappa shape index (κ2) is 7.36. The van der Waals surface area contributed by atoms with Crippen LogP contribution in [0.15, 0.2) is 53.4 Å². The molecule has 0 bridgehead atoms. The third-order valence-electron chi connectivity index (χ3n) is 4.77. The SMILES string of the molecule is N#Cc1cccc(S(=O)(=O)N2CCC(c3ccccc3CN)CC2)c1. The predicted molar refractivity (Wildman–Crippen MR) is 96.2 cm³/mol. The van der Waals surface area contributed by atoms with E-state index in [0.717, 1.165) is 18.4 Å². The van der Waals surface area contributed by atoms with E-state index >= 15 is 0 Å². The van der Waals surface area contributed by atoms with Crippen LogP contribution in [0.25, 0.3) is 0 Å². The van der Waals surface area contributed by atoms with Crippen LogP contribution >= 0.6 is 0 Å². The Kier molecular flexibility index (Phi) is 5.19. The maximum absolute atomic E-state index is 12.8. The van der Waals surface area contributed by atoms with Gasteiger partial charge in [-0.05, 0) is 48.1 Å². The molecule has 1 fully saturated rings. The van der Waals surface area contributed by atoms with Crippen LogP contribution in [0.2, 0.25) is 0 Å². The Hall–Kier alpha value is -2.20. The van der Waals surface area contributed by atoms with E-state index in [9.17, 15) is 8.42 Å². The minimum Gasteiger partial charge on any atom is -0.326 e. The van der Waals surface area contributed by atoms with E-state index in [1.165, 1.54) is 15.9 Å². The van der Waals surface area contributed by atoms with Gasteiger partial charge < -0.3 is 5.73 Å².